The number of rotatable bonds is 4. The lowest BCUT2D eigenvalue weighted by atomic mass is 9.47. The summed E-state index contributed by atoms with van der Waals surface area (Å²) >= 11 is 0. The minimum Gasteiger partial charge on any atom is -0.449 e. The molecule has 31 heavy (non-hydrogen) atoms. The molecular weight excluding hydrogens is 388 g/mol. The molecule has 2 N–H and O–H groups in total. The van der Waals surface area contributed by atoms with E-state index in [2.05, 4.69) is 44.3 Å². The number of fused-ring (bicyclic) bond motifs is 5. The number of hydrogen-bond donors (Lipinski definition) is 2. The Labute approximate surface area is 188 Å². The summed E-state index contributed by atoms with van der Waals surface area (Å²) in [4.78, 5) is 11.8. The van der Waals surface area contributed by atoms with Crippen LogP contribution in [-0.2, 0) is 4.74 Å². The number of aliphatic hydroxyl groups excluding tert-OH is 1. The van der Waals surface area contributed by atoms with Crippen LogP contribution >= 0.6 is 0 Å². The van der Waals surface area contributed by atoms with Gasteiger partial charge in [0.1, 0.15) is 0 Å². The summed E-state index contributed by atoms with van der Waals surface area (Å²) in [6.45, 7) is 11.6. The van der Waals surface area contributed by atoms with E-state index in [1.807, 2.05) is 6.92 Å². The van der Waals surface area contributed by atoms with Crippen LogP contribution in [0.5, 0.6) is 0 Å². The van der Waals surface area contributed by atoms with Gasteiger partial charge in [-0.1, -0.05) is 38.8 Å². The number of nitrogens with zero attached hydrogens (tertiary/aromatic N) is 1. The molecule has 0 unspecified atom stereocenters. The van der Waals surface area contributed by atoms with E-state index in [4.69, 9.17) is 4.74 Å². The Balaban J connectivity index is 1.60. The molecule has 0 saturated heterocycles. The zero-order chi connectivity index (χ0) is 22.4. The Bertz CT molecular complexity index is 762. The molecule has 5 nitrogen and oxygen atoms in total. The first kappa shape index (κ1) is 22.8. The van der Waals surface area contributed by atoms with Gasteiger partial charge in [-0.2, -0.15) is 5.10 Å². The number of ether oxygens (including phenoxy) is 1. The van der Waals surface area contributed by atoms with Crippen molar-refractivity contribution in [2.45, 2.75) is 92.1 Å². The van der Waals surface area contributed by atoms with E-state index in [0.29, 0.717) is 24.4 Å². The molecule has 4 rings (SSSR count). The summed E-state index contributed by atoms with van der Waals surface area (Å²) in [6, 6.07) is 0. The minimum atomic E-state index is -0.462. The third-order valence-corrected chi connectivity index (χ3v) is 9.83. The van der Waals surface area contributed by atoms with E-state index in [-0.39, 0.29) is 16.9 Å². The predicted molar refractivity (Wildman–Crippen MR) is 124 cm³/mol. The number of carbonyl (C=O) groups is 1. The molecule has 0 bridgehead atoms. The molecule has 0 aromatic rings. The molecule has 0 heterocycles. The van der Waals surface area contributed by atoms with Crippen LogP contribution in [0.3, 0.4) is 0 Å². The largest absolute Gasteiger partial charge is 0.449 e. The summed E-state index contributed by atoms with van der Waals surface area (Å²) in [6.07, 6.45) is 11.0. The fourth-order valence-electron chi connectivity index (χ4n) is 8.41. The monoisotopic (exact) mass is 430 g/mol. The van der Waals surface area contributed by atoms with Crippen molar-refractivity contribution in [3.8, 4) is 0 Å². The molecule has 1 amide bonds. The number of aliphatic hydroxyl groups is 1. The zero-order valence-corrected chi connectivity index (χ0v) is 20.1. The fraction of sp³-hybridized carbons (Fsp3) is 0.846. The maximum absolute atomic E-state index is 11.8. The van der Waals surface area contributed by atoms with Crippen LogP contribution in [0.1, 0.15) is 86.0 Å². The molecule has 0 aromatic heterocycles. The standard InChI is InChI=1S/C26H42N2O3/c1-6-17-14-22-20-9-8-18-15-19(29)10-12-25(18,4)21(20)11-13-26(22,5)23(17)16(3)27-28-24(30)31-7-2/h8,17,19-23,29H,6-7,9-15H2,1-5H3,(H,28,30)/b27-16+/t17-,19+,20+,21+,22-,23+,25+,26+/m1/s1. The second-order valence-electron chi connectivity index (χ2n) is 11.2. The van der Waals surface area contributed by atoms with Crippen LogP contribution in [0.15, 0.2) is 16.8 Å². The van der Waals surface area contributed by atoms with Crippen molar-refractivity contribution in [1.29, 1.82) is 0 Å². The van der Waals surface area contributed by atoms with E-state index in [9.17, 15) is 9.90 Å². The second-order valence-corrected chi connectivity index (χ2v) is 11.2. The van der Waals surface area contributed by atoms with Crippen LogP contribution in [0.2, 0.25) is 0 Å². The Morgan fingerprint density at radius 3 is 2.74 bits per heavy atom. The zero-order valence-electron chi connectivity index (χ0n) is 20.1. The van der Waals surface area contributed by atoms with Gasteiger partial charge in [0, 0.05) is 11.6 Å². The van der Waals surface area contributed by atoms with Gasteiger partial charge in [-0.15, -0.1) is 0 Å². The van der Waals surface area contributed by atoms with Gasteiger partial charge < -0.3 is 9.84 Å². The molecular formula is C26H42N2O3. The average molecular weight is 431 g/mol. The first-order chi connectivity index (χ1) is 14.7. The number of allylic oxidation sites excluding steroid dienone is 1. The van der Waals surface area contributed by atoms with Gasteiger partial charge in [0.15, 0.2) is 0 Å². The highest BCUT2D eigenvalue weighted by atomic mass is 16.5. The lowest BCUT2D eigenvalue weighted by Crippen LogP contribution is -2.51. The first-order valence-corrected chi connectivity index (χ1v) is 12.6. The molecule has 0 spiro atoms. The molecule has 3 saturated carbocycles. The maximum atomic E-state index is 11.8. The summed E-state index contributed by atoms with van der Waals surface area (Å²) in [7, 11) is 0. The summed E-state index contributed by atoms with van der Waals surface area (Å²) < 4.78 is 5.00. The van der Waals surface area contributed by atoms with Crippen LogP contribution in [-0.4, -0.2) is 29.6 Å². The van der Waals surface area contributed by atoms with E-state index in [0.717, 1.165) is 43.2 Å². The minimum absolute atomic E-state index is 0.143. The molecule has 4 aliphatic carbocycles. The lowest BCUT2D eigenvalue weighted by molar-refractivity contribution is -0.0425. The first-order valence-electron chi connectivity index (χ1n) is 12.6. The number of nitrogens with one attached hydrogen (secondary N) is 1. The van der Waals surface area contributed by atoms with Crippen LogP contribution in [0.25, 0.3) is 0 Å². The van der Waals surface area contributed by atoms with Gasteiger partial charge in [0.2, 0.25) is 0 Å². The van der Waals surface area contributed by atoms with Crippen molar-refractivity contribution in [3.63, 3.8) is 0 Å². The van der Waals surface area contributed by atoms with Gasteiger partial charge >= 0.3 is 6.09 Å². The number of hydrogen-bond acceptors (Lipinski definition) is 4. The summed E-state index contributed by atoms with van der Waals surface area (Å²) in [5, 5.41) is 14.7. The van der Waals surface area contributed by atoms with E-state index >= 15 is 0 Å². The molecule has 0 aromatic carbocycles. The van der Waals surface area contributed by atoms with Gasteiger partial charge in [0.05, 0.1) is 12.7 Å². The maximum Gasteiger partial charge on any atom is 0.427 e. The molecule has 0 radical (unpaired) electrons. The van der Waals surface area contributed by atoms with E-state index in [1.165, 1.54) is 31.3 Å². The van der Waals surface area contributed by atoms with Crippen molar-refractivity contribution in [3.05, 3.63) is 11.6 Å². The van der Waals surface area contributed by atoms with Crippen LogP contribution < -0.4 is 5.43 Å². The number of amides is 1. The highest BCUT2D eigenvalue weighted by molar-refractivity contribution is 5.86. The van der Waals surface area contributed by atoms with Crippen LogP contribution in [0.4, 0.5) is 4.79 Å². The van der Waals surface area contributed by atoms with Gasteiger partial charge in [0.25, 0.3) is 0 Å². The molecule has 0 aliphatic heterocycles. The van der Waals surface area contributed by atoms with Crippen molar-refractivity contribution in [1.82, 2.24) is 5.43 Å². The normalized spacial score (nSPS) is 44.6. The Hall–Kier alpha value is -1.36. The molecule has 174 valence electrons. The third-order valence-electron chi connectivity index (χ3n) is 9.83. The Morgan fingerprint density at radius 1 is 1.26 bits per heavy atom. The van der Waals surface area contributed by atoms with Crippen molar-refractivity contribution >= 4 is 11.8 Å². The van der Waals surface area contributed by atoms with Crippen molar-refractivity contribution in [2.75, 3.05) is 6.61 Å². The number of carbonyl (C=O) groups excluding carboxylic acids is 1. The van der Waals surface area contributed by atoms with Gasteiger partial charge in [-0.3, -0.25) is 0 Å². The fourth-order valence-corrected chi connectivity index (χ4v) is 8.41. The smallest absolute Gasteiger partial charge is 0.427 e. The SMILES string of the molecule is CCOC(=O)N/N=C(\C)[C@H]1[C@H](CC)C[C@@H]2[C@H]3CC=C4C[C@@H](O)CC[C@]4(C)[C@H]3CC[C@@]21C. The highest BCUT2D eigenvalue weighted by Crippen LogP contribution is 2.67. The number of hydrazone groups is 1. The quantitative estimate of drug-likeness (QED) is 0.342. The predicted octanol–water partition coefficient (Wildman–Crippen LogP) is 5.68. The Morgan fingerprint density at radius 2 is 2.03 bits per heavy atom. The molecule has 8 atom stereocenters. The third kappa shape index (κ3) is 3.75. The van der Waals surface area contributed by atoms with E-state index in [1.54, 1.807) is 0 Å². The average Bonchev–Trinajstić information content (AvgIpc) is 3.05. The van der Waals surface area contributed by atoms with Crippen molar-refractivity contribution in [2.24, 2.45) is 45.5 Å². The molecule has 4 aliphatic rings. The summed E-state index contributed by atoms with van der Waals surface area (Å²) in [5.41, 5.74) is 5.72. The second kappa shape index (κ2) is 8.53. The topological polar surface area (TPSA) is 70.9 Å². The lowest BCUT2D eigenvalue weighted by Gasteiger charge is -2.58. The van der Waals surface area contributed by atoms with Crippen LogP contribution in [0, 0.1) is 40.4 Å². The molecule has 3 fully saturated rings. The highest BCUT2D eigenvalue weighted by Gasteiger charge is 2.61. The Kier molecular flexibility index (Phi) is 6.28. The summed E-state index contributed by atoms with van der Waals surface area (Å²) in [5.74, 6) is 3.21. The van der Waals surface area contributed by atoms with Gasteiger partial charge in [-0.05, 0) is 93.3 Å². The molecule has 5 heteroatoms. The van der Waals surface area contributed by atoms with Crippen molar-refractivity contribution < 1.29 is 14.6 Å². The van der Waals surface area contributed by atoms with Gasteiger partial charge in [-0.25, -0.2) is 10.2 Å². The van der Waals surface area contributed by atoms with E-state index < -0.39 is 6.09 Å².